The molecule has 134 valence electrons. The predicted molar refractivity (Wildman–Crippen MR) is 81.8 cm³/mol. The predicted octanol–water partition coefficient (Wildman–Crippen LogP) is 2.23. The Morgan fingerprint density at radius 1 is 1.27 bits per heavy atom. The van der Waals surface area contributed by atoms with Crippen LogP contribution in [0.15, 0.2) is 30.7 Å². The fourth-order valence-corrected chi connectivity index (χ4v) is 2.86. The highest BCUT2D eigenvalue weighted by Gasteiger charge is 2.32. The van der Waals surface area contributed by atoms with Gasteiger partial charge in [0, 0.05) is 12.5 Å². The van der Waals surface area contributed by atoms with Crippen molar-refractivity contribution in [1.29, 1.82) is 5.41 Å². The summed E-state index contributed by atoms with van der Waals surface area (Å²) < 4.78 is 49.7. The van der Waals surface area contributed by atoms with E-state index in [1.54, 1.807) is 4.57 Å². The summed E-state index contributed by atoms with van der Waals surface area (Å²) in [4.78, 5) is 4.20. The number of methoxy groups -OCH3 is 1. The average Bonchev–Trinajstić information content (AvgIpc) is 3.18. The molecule has 1 aromatic carbocycles. The molecule has 0 atom stereocenters. The molecule has 3 heterocycles. The minimum atomic E-state index is -4.80. The fourth-order valence-electron chi connectivity index (χ4n) is 2.86. The Bertz CT molecular complexity index is 1010. The third kappa shape index (κ3) is 2.57. The molecular formula is C15H11F3N6O2. The second-order valence-corrected chi connectivity index (χ2v) is 5.46. The van der Waals surface area contributed by atoms with E-state index in [1.807, 2.05) is 0 Å². The van der Waals surface area contributed by atoms with Gasteiger partial charge in [-0.05, 0) is 12.1 Å². The number of rotatable bonds is 2. The molecule has 0 saturated heterocycles. The van der Waals surface area contributed by atoms with Crippen LogP contribution in [-0.4, -0.2) is 43.9 Å². The Balaban J connectivity index is 1.92. The lowest BCUT2D eigenvalue weighted by molar-refractivity contribution is -0.274. The summed E-state index contributed by atoms with van der Waals surface area (Å²) in [7, 11) is 1.37. The Morgan fingerprint density at radius 3 is 2.81 bits per heavy atom. The van der Waals surface area contributed by atoms with E-state index in [0.29, 0.717) is 34.9 Å². The van der Waals surface area contributed by atoms with Crippen molar-refractivity contribution >= 4 is 5.90 Å². The number of hydrogen-bond donors (Lipinski definition) is 1. The molecule has 0 radical (unpaired) electrons. The zero-order valence-electron chi connectivity index (χ0n) is 13.3. The first-order valence-corrected chi connectivity index (χ1v) is 7.36. The third-order valence-corrected chi connectivity index (χ3v) is 3.92. The third-order valence-electron chi connectivity index (χ3n) is 3.92. The van der Waals surface area contributed by atoms with E-state index >= 15 is 0 Å². The lowest BCUT2D eigenvalue weighted by Crippen LogP contribution is -2.17. The van der Waals surface area contributed by atoms with Crippen molar-refractivity contribution < 1.29 is 22.6 Å². The van der Waals surface area contributed by atoms with Gasteiger partial charge in [-0.15, -0.1) is 18.3 Å². The van der Waals surface area contributed by atoms with Crippen molar-refractivity contribution in [3.63, 3.8) is 0 Å². The first-order valence-electron chi connectivity index (χ1n) is 7.36. The number of halogens is 3. The van der Waals surface area contributed by atoms with Crippen LogP contribution < -0.4 is 4.74 Å². The highest BCUT2D eigenvalue weighted by Crippen LogP contribution is 2.33. The maximum atomic E-state index is 12.6. The van der Waals surface area contributed by atoms with E-state index in [0.717, 1.165) is 0 Å². The summed E-state index contributed by atoms with van der Waals surface area (Å²) in [6.07, 6.45) is -1.49. The zero-order valence-corrected chi connectivity index (χ0v) is 13.3. The van der Waals surface area contributed by atoms with Gasteiger partial charge in [0.2, 0.25) is 5.90 Å². The van der Waals surface area contributed by atoms with E-state index in [2.05, 4.69) is 20.0 Å². The molecule has 1 aliphatic rings. The standard InChI is InChI=1S/C15H11F3N6O2/c1-25-14(19)13-12-4-8-6-21-22-24(8)11-5-9(26-15(16,17)18)2-3-10(11)23(12)7-20-13/h2-3,5-7,19H,4H2,1H3. The molecular weight excluding hydrogens is 353 g/mol. The van der Waals surface area contributed by atoms with Crippen molar-refractivity contribution in [2.75, 3.05) is 7.11 Å². The number of benzene rings is 1. The van der Waals surface area contributed by atoms with Crippen LogP contribution in [0.5, 0.6) is 5.75 Å². The van der Waals surface area contributed by atoms with Crippen molar-refractivity contribution in [3.8, 4) is 17.1 Å². The van der Waals surface area contributed by atoms with Crippen LogP contribution >= 0.6 is 0 Å². The van der Waals surface area contributed by atoms with Gasteiger partial charge in [0.25, 0.3) is 0 Å². The van der Waals surface area contributed by atoms with Gasteiger partial charge in [-0.1, -0.05) is 5.21 Å². The van der Waals surface area contributed by atoms with Crippen molar-refractivity contribution in [2.45, 2.75) is 12.8 Å². The molecule has 26 heavy (non-hydrogen) atoms. The summed E-state index contributed by atoms with van der Waals surface area (Å²) in [6, 6.07) is 3.91. The number of ether oxygens (including phenoxy) is 2. The van der Waals surface area contributed by atoms with Gasteiger partial charge >= 0.3 is 6.36 Å². The number of fused-ring (bicyclic) bond motifs is 5. The highest BCUT2D eigenvalue weighted by atomic mass is 19.4. The van der Waals surface area contributed by atoms with Gasteiger partial charge in [-0.2, -0.15) is 0 Å². The topological polar surface area (TPSA) is 90.8 Å². The molecule has 8 nitrogen and oxygen atoms in total. The Labute approximate surface area is 144 Å². The minimum absolute atomic E-state index is 0.113. The summed E-state index contributed by atoms with van der Waals surface area (Å²) in [5.74, 6) is -0.482. The second-order valence-electron chi connectivity index (χ2n) is 5.46. The maximum absolute atomic E-state index is 12.6. The van der Waals surface area contributed by atoms with Crippen LogP contribution in [0, 0.1) is 5.41 Å². The van der Waals surface area contributed by atoms with Crippen LogP contribution in [0.1, 0.15) is 17.1 Å². The van der Waals surface area contributed by atoms with Crippen LogP contribution in [0.4, 0.5) is 13.2 Å². The first kappa shape index (κ1) is 16.1. The quantitative estimate of drug-likeness (QED) is 0.435. The first-order chi connectivity index (χ1) is 12.4. The zero-order chi connectivity index (χ0) is 18.5. The Kier molecular flexibility index (Phi) is 3.46. The van der Waals surface area contributed by atoms with Gasteiger partial charge in [0.15, 0.2) is 0 Å². The van der Waals surface area contributed by atoms with Gasteiger partial charge in [-0.3, -0.25) is 9.98 Å². The second kappa shape index (κ2) is 5.58. The number of alkyl halides is 3. The van der Waals surface area contributed by atoms with Crippen molar-refractivity contribution in [1.82, 2.24) is 24.5 Å². The van der Waals surface area contributed by atoms with E-state index in [4.69, 9.17) is 10.1 Å². The summed E-state index contributed by atoms with van der Waals surface area (Å²) in [5, 5.41) is 15.7. The van der Waals surface area contributed by atoms with Crippen LogP contribution in [0.2, 0.25) is 0 Å². The molecule has 4 rings (SSSR count). The molecule has 0 fully saturated rings. The van der Waals surface area contributed by atoms with Crippen molar-refractivity contribution in [2.24, 2.45) is 0 Å². The Hall–Kier alpha value is -3.37. The lowest BCUT2D eigenvalue weighted by Gasteiger charge is -2.13. The largest absolute Gasteiger partial charge is 0.573 e. The molecule has 11 heteroatoms. The lowest BCUT2D eigenvalue weighted by atomic mass is 10.2. The molecule has 0 spiro atoms. The van der Waals surface area contributed by atoms with Crippen LogP contribution in [-0.2, 0) is 11.2 Å². The molecule has 0 bridgehead atoms. The summed E-state index contributed by atoms with van der Waals surface area (Å²) in [5.41, 5.74) is 2.49. The minimum Gasteiger partial charge on any atom is -0.480 e. The fraction of sp³-hybridized carbons (Fsp3) is 0.200. The van der Waals surface area contributed by atoms with E-state index in [9.17, 15) is 13.2 Å². The molecule has 1 aliphatic heterocycles. The Morgan fingerprint density at radius 2 is 2.08 bits per heavy atom. The number of imidazole rings is 1. The molecule has 0 unspecified atom stereocenters. The van der Waals surface area contributed by atoms with E-state index in [1.165, 1.54) is 42.5 Å². The normalized spacial score (nSPS) is 12.6. The maximum Gasteiger partial charge on any atom is 0.573 e. The highest BCUT2D eigenvalue weighted by molar-refractivity contribution is 5.91. The van der Waals surface area contributed by atoms with E-state index < -0.39 is 6.36 Å². The molecule has 3 aromatic rings. The summed E-state index contributed by atoms with van der Waals surface area (Å²) >= 11 is 0. The van der Waals surface area contributed by atoms with Gasteiger partial charge < -0.3 is 9.47 Å². The molecule has 0 aliphatic carbocycles. The number of hydrogen-bond acceptors (Lipinski definition) is 6. The molecule has 1 N–H and O–H groups in total. The molecule has 2 aromatic heterocycles. The summed E-state index contributed by atoms with van der Waals surface area (Å²) in [6.45, 7) is 0. The smallest absolute Gasteiger partial charge is 0.480 e. The number of nitrogens with one attached hydrogen (secondary N) is 1. The molecule has 0 saturated carbocycles. The van der Waals surface area contributed by atoms with E-state index in [-0.39, 0.29) is 11.6 Å². The van der Waals surface area contributed by atoms with Crippen LogP contribution in [0.25, 0.3) is 11.4 Å². The molecule has 0 amide bonds. The van der Waals surface area contributed by atoms with Gasteiger partial charge in [0.1, 0.15) is 17.8 Å². The van der Waals surface area contributed by atoms with Crippen LogP contribution in [0.3, 0.4) is 0 Å². The van der Waals surface area contributed by atoms with Gasteiger partial charge in [0.05, 0.1) is 36.1 Å². The van der Waals surface area contributed by atoms with Crippen molar-refractivity contribution in [3.05, 3.63) is 47.8 Å². The number of nitrogens with zero attached hydrogens (tertiary/aromatic N) is 5. The monoisotopic (exact) mass is 364 g/mol. The SMILES string of the molecule is COC(=N)c1ncn2c1Cc1cnnn1-c1cc(OC(F)(F)F)ccc1-2. The van der Waals surface area contributed by atoms with Gasteiger partial charge in [-0.25, -0.2) is 9.67 Å². The number of aromatic nitrogens is 5. The average molecular weight is 364 g/mol.